The number of hydrogen-bond donors (Lipinski definition) is 2. The Hall–Kier alpha value is -4.06. The van der Waals surface area contributed by atoms with Crippen molar-refractivity contribution >= 4 is 44.9 Å². The summed E-state index contributed by atoms with van der Waals surface area (Å²) in [7, 11) is -2.10. The number of amides is 3. The van der Waals surface area contributed by atoms with Crippen molar-refractivity contribution in [1.82, 2.24) is 19.9 Å². The number of fused-ring (bicyclic) bond motifs is 3. The van der Waals surface area contributed by atoms with Crippen molar-refractivity contribution in [2.45, 2.75) is 61.8 Å². The normalized spacial score (nSPS) is 28.8. The zero-order valence-electron chi connectivity index (χ0n) is 23.9. The minimum absolute atomic E-state index is 0.147. The lowest BCUT2D eigenvalue weighted by molar-refractivity contribution is -0.133. The van der Waals surface area contributed by atoms with Gasteiger partial charge in [0.1, 0.15) is 11.6 Å². The molecule has 2 N–H and O–H groups in total. The number of para-hydroxylation sites is 1. The number of hydrogen-bond acceptors (Lipinski definition) is 8. The maximum absolute atomic E-state index is 13.8. The second kappa shape index (κ2) is 11.6. The number of nitrogens with zero attached hydrogens (tertiary/aromatic N) is 3. The highest BCUT2D eigenvalue weighted by Crippen LogP contribution is 2.46. The summed E-state index contributed by atoms with van der Waals surface area (Å²) in [6.07, 6.45) is 11.9. The van der Waals surface area contributed by atoms with Crippen LogP contribution in [0.4, 0.5) is 0 Å². The number of rotatable bonds is 6. The van der Waals surface area contributed by atoms with Crippen LogP contribution in [0, 0.1) is 11.8 Å². The topological polar surface area (TPSA) is 147 Å². The molecule has 43 heavy (non-hydrogen) atoms. The molecular weight excluding hydrogens is 570 g/mol. The third-order valence-electron chi connectivity index (χ3n) is 8.64. The Morgan fingerprint density at radius 3 is 2.84 bits per heavy atom. The maximum atomic E-state index is 13.8. The lowest BCUT2D eigenvalue weighted by Crippen LogP contribution is -2.54. The van der Waals surface area contributed by atoms with Gasteiger partial charge in [-0.2, -0.15) is 0 Å². The van der Waals surface area contributed by atoms with Crippen molar-refractivity contribution in [2.24, 2.45) is 17.0 Å². The van der Waals surface area contributed by atoms with Crippen LogP contribution >= 0.6 is 0 Å². The van der Waals surface area contributed by atoms with E-state index >= 15 is 0 Å². The van der Waals surface area contributed by atoms with Gasteiger partial charge in [0.25, 0.3) is 5.91 Å². The summed E-state index contributed by atoms with van der Waals surface area (Å²) in [5.74, 6) is -2.77. The molecular formula is C31H35N5O6S. The molecule has 0 bridgehead atoms. The van der Waals surface area contributed by atoms with Gasteiger partial charge in [-0.15, -0.1) is 0 Å². The van der Waals surface area contributed by atoms with Crippen molar-refractivity contribution in [3.63, 3.8) is 0 Å². The summed E-state index contributed by atoms with van der Waals surface area (Å²) in [6.45, 7) is 0.534. The van der Waals surface area contributed by atoms with Gasteiger partial charge in [0.2, 0.25) is 21.8 Å². The first-order valence-electron chi connectivity index (χ1n) is 14.7. The molecule has 12 heteroatoms. The first-order chi connectivity index (χ1) is 20.7. The van der Waals surface area contributed by atoms with E-state index in [1.54, 1.807) is 30.4 Å². The van der Waals surface area contributed by atoms with Gasteiger partial charge >= 0.3 is 0 Å². The van der Waals surface area contributed by atoms with E-state index in [-0.39, 0.29) is 30.2 Å². The molecule has 2 heterocycles. The molecule has 1 aromatic heterocycles. The van der Waals surface area contributed by atoms with E-state index in [0.717, 1.165) is 35.7 Å². The Kier molecular flexibility index (Phi) is 7.80. The van der Waals surface area contributed by atoms with Crippen LogP contribution < -0.4 is 10.0 Å². The van der Waals surface area contributed by atoms with Crippen molar-refractivity contribution < 1.29 is 27.6 Å². The first-order valence-corrected chi connectivity index (χ1v) is 16.3. The molecule has 2 aromatic rings. The molecule has 2 saturated carbocycles. The summed E-state index contributed by atoms with van der Waals surface area (Å²) in [4.78, 5) is 52.4. The van der Waals surface area contributed by atoms with Crippen molar-refractivity contribution in [1.29, 1.82) is 0 Å². The molecule has 3 amide bonds. The Morgan fingerprint density at radius 1 is 1.21 bits per heavy atom. The molecule has 1 aliphatic heterocycles. The van der Waals surface area contributed by atoms with Crippen molar-refractivity contribution in [3.05, 3.63) is 65.9 Å². The van der Waals surface area contributed by atoms with E-state index in [1.165, 1.54) is 0 Å². The first kappa shape index (κ1) is 29.0. The number of likely N-dealkylation sites (N-methyl/N-ethyl adjacent to an activating group) is 1. The van der Waals surface area contributed by atoms with Crippen LogP contribution in [-0.2, 0) is 29.2 Å². The standard InChI is InChI=1S/C31H35N5O6S/c1-36-15-7-3-2-4-8-21-18-31(21,30(39)35-43(40,41)23-11-12-23)34-28(37)25-16-22(17-26(25)29(36)38)42-33-19-20-13-14-32-27-10-6-5-9-24(20)27/h4-6,8-10,13-14,17,19,21-23,25H,2-3,7,11-12,15-16,18H2,1H3,(H,34,37)(H,35,39)/b8-4-,33-19+/t21-,22+,25+,31+/m0/s1. The second-order valence-corrected chi connectivity index (χ2v) is 13.8. The predicted molar refractivity (Wildman–Crippen MR) is 160 cm³/mol. The van der Waals surface area contributed by atoms with Crippen LogP contribution in [0.1, 0.15) is 50.5 Å². The van der Waals surface area contributed by atoms with E-state index in [4.69, 9.17) is 4.84 Å². The van der Waals surface area contributed by atoms with Crippen molar-refractivity contribution in [3.8, 4) is 0 Å². The fourth-order valence-electron chi connectivity index (χ4n) is 5.85. The molecule has 226 valence electrons. The second-order valence-electron chi connectivity index (χ2n) is 11.8. The number of benzene rings is 1. The summed E-state index contributed by atoms with van der Waals surface area (Å²) in [5, 5.41) is 7.36. The minimum Gasteiger partial charge on any atom is -0.388 e. The summed E-state index contributed by atoms with van der Waals surface area (Å²) in [5.41, 5.74) is 0.519. The number of sulfonamides is 1. The van der Waals surface area contributed by atoms with Crippen LogP contribution in [0.2, 0.25) is 0 Å². The van der Waals surface area contributed by atoms with Crippen LogP contribution in [0.15, 0.2) is 65.5 Å². The summed E-state index contributed by atoms with van der Waals surface area (Å²) >= 11 is 0. The van der Waals surface area contributed by atoms with Crippen LogP contribution in [0.5, 0.6) is 0 Å². The number of oxime groups is 1. The van der Waals surface area contributed by atoms with Gasteiger partial charge < -0.3 is 15.1 Å². The molecule has 4 atom stereocenters. The fraction of sp³-hybridized carbons (Fsp3) is 0.452. The molecule has 0 unspecified atom stereocenters. The van der Waals surface area contributed by atoms with Crippen molar-refractivity contribution in [2.75, 3.05) is 13.6 Å². The molecule has 0 spiro atoms. The quantitative estimate of drug-likeness (QED) is 0.292. The average Bonchev–Trinajstić information content (AvgIpc) is 3.91. The highest BCUT2D eigenvalue weighted by Gasteiger charge is 2.61. The third-order valence-corrected chi connectivity index (χ3v) is 10.5. The molecule has 6 rings (SSSR count). The van der Waals surface area contributed by atoms with E-state index in [9.17, 15) is 22.8 Å². The number of pyridine rings is 1. The molecule has 2 fully saturated rings. The molecule has 1 aromatic carbocycles. The van der Waals surface area contributed by atoms with Crippen LogP contribution in [-0.4, -0.2) is 72.7 Å². The van der Waals surface area contributed by atoms with Gasteiger partial charge in [-0.05, 0) is 56.7 Å². The number of carbonyl (C=O) groups excluding carboxylic acids is 3. The maximum Gasteiger partial charge on any atom is 0.259 e. The van der Waals surface area contributed by atoms with Gasteiger partial charge in [-0.3, -0.25) is 24.1 Å². The Morgan fingerprint density at radius 2 is 2.02 bits per heavy atom. The number of carbonyl (C=O) groups is 3. The molecule has 0 saturated heterocycles. The van der Waals surface area contributed by atoms with Gasteiger partial charge in [0, 0.05) is 48.7 Å². The number of nitrogens with one attached hydrogen (secondary N) is 2. The zero-order chi connectivity index (χ0) is 30.2. The van der Waals surface area contributed by atoms with Crippen LogP contribution in [0.25, 0.3) is 10.9 Å². The van der Waals surface area contributed by atoms with E-state index in [0.29, 0.717) is 19.4 Å². The third kappa shape index (κ3) is 6.06. The van der Waals surface area contributed by atoms with E-state index in [1.807, 2.05) is 42.5 Å². The van der Waals surface area contributed by atoms with Gasteiger partial charge in [0.15, 0.2) is 0 Å². The molecule has 4 aliphatic rings. The van der Waals surface area contributed by atoms with Gasteiger partial charge in [0.05, 0.1) is 22.9 Å². The highest BCUT2D eigenvalue weighted by atomic mass is 32.2. The SMILES string of the molecule is CN1CCCC/C=C\[C@H]2C[C@@]2(C(=O)NS(=O)(=O)C2CC2)NC(=O)[C@@H]2C[C@@H](O/N=C/c3ccnc4ccccc34)C=C2C1=O. The molecule has 11 nitrogen and oxygen atoms in total. The average molecular weight is 606 g/mol. The summed E-state index contributed by atoms with van der Waals surface area (Å²) < 4.78 is 27.4. The fourth-order valence-corrected chi connectivity index (χ4v) is 7.21. The zero-order valence-corrected chi connectivity index (χ0v) is 24.8. The molecule has 3 aliphatic carbocycles. The van der Waals surface area contributed by atoms with Crippen LogP contribution in [0.3, 0.4) is 0 Å². The lowest BCUT2D eigenvalue weighted by atomic mass is 9.97. The highest BCUT2D eigenvalue weighted by molar-refractivity contribution is 7.91. The Labute approximate surface area is 250 Å². The molecule has 0 radical (unpaired) electrons. The van der Waals surface area contributed by atoms with E-state index < -0.39 is 44.6 Å². The van der Waals surface area contributed by atoms with Gasteiger partial charge in [-0.1, -0.05) is 35.5 Å². The van der Waals surface area contributed by atoms with Gasteiger partial charge in [-0.25, -0.2) is 8.42 Å². The number of allylic oxidation sites excluding steroid dienone is 1. The van der Waals surface area contributed by atoms with E-state index in [2.05, 4.69) is 20.2 Å². The predicted octanol–water partition coefficient (Wildman–Crippen LogP) is 2.58. The monoisotopic (exact) mass is 605 g/mol. The summed E-state index contributed by atoms with van der Waals surface area (Å²) in [6, 6.07) is 9.48. The lowest BCUT2D eigenvalue weighted by Gasteiger charge is -2.24. The largest absolute Gasteiger partial charge is 0.388 e. The smallest absolute Gasteiger partial charge is 0.259 e. The Balaban J connectivity index is 1.23. The Bertz CT molecular complexity index is 1640. The minimum atomic E-state index is -3.80. The number of aromatic nitrogens is 1.